The van der Waals surface area contributed by atoms with Crippen molar-refractivity contribution in [3.63, 3.8) is 0 Å². The molecule has 1 unspecified atom stereocenters. The highest BCUT2D eigenvalue weighted by Gasteiger charge is 2.15. The molecule has 0 bridgehead atoms. The SMILES string of the molecule is COc1ccc(-c2noc(C(C)CCN)n2)cc1OC. The number of aromatic nitrogens is 2. The highest BCUT2D eigenvalue weighted by molar-refractivity contribution is 5.60. The monoisotopic (exact) mass is 277 g/mol. The van der Waals surface area contributed by atoms with Crippen molar-refractivity contribution in [1.29, 1.82) is 0 Å². The Morgan fingerprint density at radius 3 is 2.65 bits per heavy atom. The molecule has 0 aliphatic carbocycles. The fourth-order valence-corrected chi connectivity index (χ4v) is 1.90. The third-order valence-electron chi connectivity index (χ3n) is 3.10. The topological polar surface area (TPSA) is 83.4 Å². The van der Waals surface area contributed by atoms with Gasteiger partial charge >= 0.3 is 0 Å². The van der Waals surface area contributed by atoms with Crippen LogP contribution in [0.15, 0.2) is 22.7 Å². The van der Waals surface area contributed by atoms with E-state index >= 15 is 0 Å². The lowest BCUT2D eigenvalue weighted by atomic mass is 10.1. The predicted molar refractivity (Wildman–Crippen MR) is 74.9 cm³/mol. The Balaban J connectivity index is 2.28. The summed E-state index contributed by atoms with van der Waals surface area (Å²) in [6.07, 6.45) is 0.813. The van der Waals surface area contributed by atoms with Crippen LogP contribution in [0.2, 0.25) is 0 Å². The molecule has 0 aliphatic heterocycles. The molecule has 108 valence electrons. The molecule has 6 nitrogen and oxygen atoms in total. The summed E-state index contributed by atoms with van der Waals surface area (Å²) in [6, 6.07) is 5.50. The summed E-state index contributed by atoms with van der Waals surface area (Å²) >= 11 is 0. The summed E-state index contributed by atoms with van der Waals surface area (Å²) < 4.78 is 15.7. The van der Waals surface area contributed by atoms with Crippen molar-refractivity contribution in [3.05, 3.63) is 24.1 Å². The summed E-state index contributed by atoms with van der Waals surface area (Å²) in [7, 11) is 3.19. The Labute approximate surface area is 117 Å². The maximum absolute atomic E-state index is 5.53. The van der Waals surface area contributed by atoms with Gasteiger partial charge in [-0.25, -0.2) is 0 Å². The molecule has 0 saturated carbocycles. The Morgan fingerprint density at radius 1 is 1.25 bits per heavy atom. The quantitative estimate of drug-likeness (QED) is 0.871. The van der Waals surface area contributed by atoms with E-state index in [1.54, 1.807) is 14.2 Å². The van der Waals surface area contributed by atoms with Crippen LogP contribution in [0.1, 0.15) is 25.2 Å². The Kier molecular flexibility index (Phi) is 4.57. The molecule has 1 aromatic heterocycles. The second-order valence-corrected chi connectivity index (χ2v) is 4.50. The van der Waals surface area contributed by atoms with E-state index in [0.717, 1.165) is 12.0 Å². The van der Waals surface area contributed by atoms with Crippen LogP contribution in [-0.4, -0.2) is 30.9 Å². The summed E-state index contributed by atoms with van der Waals surface area (Å²) in [6.45, 7) is 2.61. The normalized spacial score (nSPS) is 12.2. The number of nitrogens with zero attached hydrogens (tertiary/aromatic N) is 2. The summed E-state index contributed by atoms with van der Waals surface area (Å²) in [5.41, 5.74) is 6.35. The third-order valence-corrected chi connectivity index (χ3v) is 3.10. The zero-order valence-corrected chi connectivity index (χ0v) is 11.9. The first kappa shape index (κ1) is 14.3. The summed E-state index contributed by atoms with van der Waals surface area (Å²) in [5.74, 6) is 2.58. The number of hydrogen-bond acceptors (Lipinski definition) is 6. The van der Waals surface area contributed by atoms with Gasteiger partial charge < -0.3 is 19.7 Å². The van der Waals surface area contributed by atoms with Crippen LogP contribution in [0.5, 0.6) is 11.5 Å². The molecule has 0 spiro atoms. The van der Waals surface area contributed by atoms with E-state index in [9.17, 15) is 0 Å². The van der Waals surface area contributed by atoms with Crippen molar-refractivity contribution >= 4 is 0 Å². The number of benzene rings is 1. The molecule has 2 N–H and O–H groups in total. The van der Waals surface area contributed by atoms with Gasteiger partial charge in [-0.2, -0.15) is 4.98 Å². The lowest BCUT2D eigenvalue weighted by Crippen LogP contribution is -2.04. The maximum atomic E-state index is 5.53. The van der Waals surface area contributed by atoms with Crippen molar-refractivity contribution in [2.24, 2.45) is 5.73 Å². The first-order valence-corrected chi connectivity index (χ1v) is 6.45. The van der Waals surface area contributed by atoms with E-state index in [2.05, 4.69) is 10.1 Å². The maximum Gasteiger partial charge on any atom is 0.229 e. The van der Waals surface area contributed by atoms with Gasteiger partial charge in [-0.1, -0.05) is 12.1 Å². The van der Waals surface area contributed by atoms with Gasteiger partial charge in [-0.3, -0.25) is 0 Å². The molecule has 0 radical (unpaired) electrons. The van der Waals surface area contributed by atoms with Crippen LogP contribution >= 0.6 is 0 Å². The summed E-state index contributed by atoms with van der Waals surface area (Å²) in [4.78, 5) is 4.40. The molecule has 2 rings (SSSR count). The van der Waals surface area contributed by atoms with Gasteiger partial charge in [0.25, 0.3) is 0 Å². The minimum Gasteiger partial charge on any atom is -0.493 e. The molecule has 1 heterocycles. The molecular formula is C14H19N3O3. The van der Waals surface area contributed by atoms with E-state index in [1.165, 1.54) is 0 Å². The lowest BCUT2D eigenvalue weighted by molar-refractivity contribution is 0.353. The van der Waals surface area contributed by atoms with E-state index in [4.69, 9.17) is 19.7 Å². The molecule has 6 heteroatoms. The standard InChI is InChI=1S/C14H19N3O3/c1-9(6-7-15)14-16-13(17-20-14)10-4-5-11(18-2)12(8-10)19-3/h4-5,8-9H,6-7,15H2,1-3H3. The molecule has 1 aromatic carbocycles. The molecule has 0 fully saturated rings. The smallest absolute Gasteiger partial charge is 0.229 e. The van der Waals surface area contributed by atoms with Gasteiger partial charge in [0.15, 0.2) is 11.5 Å². The average molecular weight is 277 g/mol. The molecule has 0 aliphatic rings. The van der Waals surface area contributed by atoms with Gasteiger partial charge in [0.05, 0.1) is 14.2 Å². The highest BCUT2D eigenvalue weighted by Crippen LogP contribution is 2.31. The van der Waals surface area contributed by atoms with Crippen molar-refractivity contribution in [2.45, 2.75) is 19.3 Å². The largest absolute Gasteiger partial charge is 0.493 e. The van der Waals surface area contributed by atoms with Crippen LogP contribution < -0.4 is 15.2 Å². The number of rotatable bonds is 6. The molecule has 2 aromatic rings. The van der Waals surface area contributed by atoms with Crippen molar-refractivity contribution in [3.8, 4) is 22.9 Å². The van der Waals surface area contributed by atoms with Gasteiger partial charge in [-0.15, -0.1) is 0 Å². The van der Waals surface area contributed by atoms with Crippen molar-refractivity contribution in [2.75, 3.05) is 20.8 Å². The number of methoxy groups -OCH3 is 2. The zero-order valence-electron chi connectivity index (χ0n) is 11.9. The van der Waals surface area contributed by atoms with Gasteiger partial charge in [0.1, 0.15) is 0 Å². The van der Waals surface area contributed by atoms with Gasteiger partial charge in [0.2, 0.25) is 11.7 Å². The predicted octanol–water partition coefficient (Wildman–Crippen LogP) is 2.21. The van der Waals surface area contributed by atoms with E-state index in [-0.39, 0.29) is 5.92 Å². The Morgan fingerprint density at radius 2 is 2.00 bits per heavy atom. The summed E-state index contributed by atoms with van der Waals surface area (Å²) in [5, 5.41) is 4.00. The first-order valence-electron chi connectivity index (χ1n) is 6.45. The van der Waals surface area contributed by atoms with Gasteiger partial charge in [0, 0.05) is 11.5 Å². The van der Waals surface area contributed by atoms with E-state index in [1.807, 2.05) is 25.1 Å². The van der Waals surface area contributed by atoms with Crippen LogP contribution in [0.3, 0.4) is 0 Å². The lowest BCUT2D eigenvalue weighted by Gasteiger charge is -2.07. The number of nitrogens with two attached hydrogens (primary N) is 1. The fraction of sp³-hybridized carbons (Fsp3) is 0.429. The highest BCUT2D eigenvalue weighted by atomic mass is 16.5. The van der Waals surface area contributed by atoms with E-state index < -0.39 is 0 Å². The first-order chi connectivity index (χ1) is 9.69. The van der Waals surface area contributed by atoms with Crippen LogP contribution in [0.25, 0.3) is 11.4 Å². The van der Waals surface area contributed by atoms with E-state index in [0.29, 0.717) is 29.8 Å². The minimum absolute atomic E-state index is 0.154. The van der Waals surface area contributed by atoms with Crippen LogP contribution in [0, 0.1) is 0 Å². The Bertz CT molecular complexity index is 569. The molecule has 20 heavy (non-hydrogen) atoms. The van der Waals surface area contributed by atoms with Crippen LogP contribution in [-0.2, 0) is 0 Å². The van der Waals surface area contributed by atoms with Gasteiger partial charge in [-0.05, 0) is 31.2 Å². The third kappa shape index (κ3) is 2.91. The van der Waals surface area contributed by atoms with Crippen molar-refractivity contribution < 1.29 is 14.0 Å². The Hall–Kier alpha value is -2.08. The zero-order chi connectivity index (χ0) is 14.5. The minimum atomic E-state index is 0.154. The number of hydrogen-bond donors (Lipinski definition) is 1. The van der Waals surface area contributed by atoms with Crippen LogP contribution in [0.4, 0.5) is 0 Å². The molecular weight excluding hydrogens is 258 g/mol. The number of ether oxygens (including phenoxy) is 2. The second-order valence-electron chi connectivity index (χ2n) is 4.50. The molecule has 1 atom stereocenters. The second kappa shape index (κ2) is 6.38. The molecule has 0 saturated heterocycles. The average Bonchev–Trinajstić information content (AvgIpc) is 2.96. The van der Waals surface area contributed by atoms with Crippen molar-refractivity contribution in [1.82, 2.24) is 10.1 Å². The fourth-order valence-electron chi connectivity index (χ4n) is 1.90. The molecule has 0 amide bonds.